The van der Waals surface area contributed by atoms with Gasteiger partial charge in [-0.05, 0) is 51.1 Å². The van der Waals surface area contributed by atoms with E-state index in [0.29, 0.717) is 47.3 Å². The fourth-order valence-electron chi connectivity index (χ4n) is 2.72. The molecule has 30 heavy (non-hydrogen) atoms. The maximum Gasteiger partial charge on any atom is 0.185 e. The van der Waals surface area contributed by atoms with Gasteiger partial charge in [-0.15, -0.1) is 0 Å². The highest BCUT2D eigenvalue weighted by Gasteiger charge is 2.12. The number of methoxy groups -OCH3 is 3. The first-order chi connectivity index (χ1) is 14.3. The number of hydrogen-bond acceptors (Lipinski definition) is 6. The van der Waals surface area contributed by atoms with Crippen molar-refractivity contribution >= 4 is 11.9 Å². The van der Waals surface area contributed by atoms with Crippen LogP contribution in [0.4, 0.5) is 0 Å². The molecule has 0 aromatic heterocycles. The van der Waals surface area contributed by atoms with Crippen molar-refractivity contribution in [2.24, 2.45) is 0 Å². The Balaban J connectivity index is 2.12. The minimum atomic E-state index is -0.212. The Morgan fingerprint density at radius 1 is 0.933 bits per heavy atom. The third kappa shape index (κ3) is 6.81. The first-order valence-corrected chi connectivity index (χ1v) is 9.66. The molecule has 0 fully saturated rings. The number of ketones is 1. The van der Waals surface area contributed by atoms with E-state index < -0.39 is 0 Å². The highest BCUT2D eigenvalue weighted by molar-refractivity contribution is 6.07. The normalized spacial score (nSPS) is 11.4. The molecule has 0 radical (unpaired) electrons. The third-order valence-corrected chi connectivity index (χ3v) is 4.14. The Labute approximate surface area is 178 Å². The first-order valence-electron chi connectivity index (χ1n) is 9.66. The van der Waals surface area contributed by atoms with Crippen molar-refractivity contribution in [3.63, 3.8) is 0 Å². The standard InChI is InChI=1S/C24H30O6/c1-24(2,3)30-13-12-29-19-9-7-8-17(14-19)21(25)11-10-18-15-20(26-4)16-22(27-5)23(18)28-6/h7-11,14-16H,12-13H2,1-6H3/b11-10+. The molecule has 0 aliphatic heterocycles. The van der Waals surface area contributed by atoms with Crippen molar-refractivity contribution in [2.45, 2.75) is 26.4 Å². The molecule has 0 bridgehead atoms. The molecule has 0 aliphatic rings. The van der Waals surface area contributed by atoms with Crippen LogP contribution in [0.2, 0.25) is 0 Å². The maximum absolute atomic E-state index is 12.7. The van der Waals surface area contributed by atoms with Crippen LogP contribution in [0.1, 0.15) is 36.7 Å². The molecule has 2 rings (SSSR count). The first kappa shape index (κ1) is 23.3. The van der Waals surface area contributed by atoms with E-state index in [9.17, 15) is 4.79 Å². The molecule has 0 atom stereocenters. The van der Waals surface area contributed by atoms with Gasteiger partial charge in [-0.3, -0.25) is 4.79 Å². The average Bonchev–Trinajstić information content (AvgIpc) is 2.73. The van der Waals surface area contributed by atoms with Crippen LogP contribution in [-0.4, -0.2) is 45.9 Å². The molecular weight excluding hydrogens is 384 g/mol. The molecule has 6 nitrogen and oxygen atoms in total. The van der Waals surface area contributed by atoms with Gasteiger partial charge in [0.05, 0.1) is 33.5 Å². The molecule has 0 aliphatic carbocycles. The predicted octanol–water partition coefficient (Wildman–Crippen LogP) is 4.80. The van der Waals surface area contributed by atoms with E-state index in [2.05, 4.69) is 0 Å². The summed E-state index contributed by atoms with van der Waals surface area (Å²) in [5.41, 5.74) is 0.985. The van der Waals surface area contributed by atoms with Crippen LogP contribution in [0.3, 0.4) is 0 Å². The van der Waals surface area contributed by atoms with E-state index in [-0.39, 0.29) is 11.4 Å². The second kappa shape index (κ2) is 10.7. The van der Waals surface area contributed by atoms with Gasteiger partial charge in [0, 0.05) is 17.2 Å². The van der Waals surface area contributed by atoms with Crippen LogP contribution < -0.4 is 18.9 Å². The summed E-state index contributed by atoms with van der Waals surface area (Å²) in [6.45, 7) is 6.85. The van der Waals surface area contributed by atoms with Gasteiger partial charge in [0.1, 0.15) is 18.1 Å². The zero-order chi connectivity index (χ0) is 22.1. The van der Waals surface area contributed by atoms with Crippen molar-refractivity contribution < 1.29 is 28.5 Å². The van der Waals surface area contributed by atoms with Gasteiger partial charge >= 0.3 is 0 Å². The van der Waals surface area contributed by atoms with Crippen molar-refractivity contribution in [1.29, 1.82) is 0 Å². The second-order valence-corrected chi connectivity index (χ2v) is 7.49. The maximum atomic E-state index is 12.7. The van der Waals surface area contributed by atoms with Crippen molar-refractivity contribution in [3.05, 3.63) is 53.6 Å². The Morgan fingerprint density at radius 3 is 2.33 bits per heavy atom. The summed E-state index contributed by atoms with van der Waals surface area (Å²) in [4.78, 5) is 12.7. The van der Waals surface area contributed by atoms with Gasteiger partial charge in [-0.25, -0.2) is 0 Å². The van der Waals surface area contributed by atoms with Gasteiger partial charge in [0.2, 0.25) is 0 Å². The number of allylic oxidation sites excluding steroid dienone is 1. The molecular formula is C24H30O6. The van der Waals surface area contributed by atoms with E-state index in [0.717, 1.165) is 0 Å². The van der Waals surface area contributed by atoms with Crippen molar-refractivity contribution in [3.8, 4) is 23.0 Å². The SMILES string of the molecule is COc1cc(/C=C/C(=O)c2cccc(OCCOC(C)(C)C)c2)c(OC)c(OC)c1. The van der Waals surface area contributed by atoms with Gasteiger partial charge in [-0.1, -0.05) is 12.1 Å². The summed E-state index contributed by atoms with van der Waals surface area (Å²) in [5.74, 6) is 2.12. The molecule has 2 aromatic carbocycles. The summed E-state index contributed by atoms with van der Waals surface area (Å²) >= 11 is 0. The van der Waals surface area contributed by atoms with E-state index in [1.807, 2.05) is 26.8 Å². The van der Waals surface area contributed by atoms with Crippen LogP contribution in [0, 0.1) is 0 Å². The highest BCUT2D eigenvalue weighted by Crippen LogP contribution is 2.36. The van der Waals surface area contributed by atoms with E-state index in [1.165, 1.54) is 6.08 Å². The van der Waals surface area contributed by atoms with Crippen LogP contribution in [-0.2, 0) is 4.74 Å². The molecule has 6 heteroatoms. The zero-order valence-corrected chi connectivity index (χ0v) is 18.5. The Morgan fingerprint density at radius 2 is 1.70 bits per heavy atom. The lowest BCUT2D eigenvalue weighted by atomic mass is 10.1. The van der Waals surface area contributed by atoms with Crippen LogP contribution >= 0.6 is 0 Å². The largest absolute Gasteiger partial charge is 0.497 e. The molecule has 0 amide bonds. The Bertz CT molecular complexity index is 880. The molecule has 0 N–H and O–H groups in total. The quantitative estimate of drug-likeness (QED) is 0.316. The number of rotatable bonds is 10. The molecule has 0 saturated carbocycles. The molecule has 0 heterocycles. The summed E-state index contributed by atoms with van der Waals surface area (Å²) in [7, 11) is 4.67. The lowest BCUT2D eigenvalue weighted by molar-refractivity contribution is -0.0163. The fraction of sp³-hybridized carbons (Fsp3) is 0.375. The van der Waals surface area contributed by atoms with Crippen molar-refractivity contribution in [2.75, 3.05) is 34.5 Å². The zero-order valence-electron chi connectivity index (χ0n) is 18.5. The van der Waals surface area contributed by atoms with Gasteiger partial charge < -0.3 is 23.7 Å². The molecule has 0 unspecified atom stereocenters. The van der Waals surface area contributed by atoms with E-state index in [4.69, 9.17) is 23.7 Å². The number of carbonyl (C=O) groups excluding carboxylic acids is 1. The number of carbonyl (C=O) groups is 1. The number of ether oxygens (including phenoxy) is 5. The van der Waals surface area contributed by atoms with E-state index >= 15 is 0 Å². The fourth-order valence-corrected chi connectivity index (χ4v) is 2.72. The third-order valence-electron chi connectivity index (χ3n) is 4.14. The summed E-state index contributed by atoms with van der Waals surface area (Å²) < 4.78 is 27.4. The highest BCUT2D eigenvalue weighted by atomic mass is 16.5. The molecule has 2 aromatic rings. The average molecular weight is 414 g/mol. The Kier molecular flexibility index (Phi) is 8.30. The van der Waals surface area contributed by atoms with Gasteiger partial charge in [0.15, 0.2) is 17.3 Å². The smallest absolute Gasteiger partial charge is 0.185 e. The second-order valence-electron chi connectivity index (χ2n) is 7.49. The molecule has 0 spiro atoms. The minimum Gasteiger partial charge on any atom is -0.497 e. The van der Waals surface area contributed by atoms with Crippen LogP contribution in [0.25, 0.3) is 6.08 Å². The van der Waals surface area contributed by atoms with Crippen LogP contribution in [0.5, 0.6) is 23.0 Å². The monoisotopic (exact) mass is 414 g/mol. The van der Waals surface area contributed by atoms with Crippen LogP contribution in [0.15, 0.2) is 42.5 Å². The number of hydrogen-bond donors (Lipinski definition) is 0. The summed E-state index contributed by atoms with van der Waals surface area (Å²) in [6.07, 6.45) is 3.16. The van der Waals surface area contributed by atoms with E-state index in [1.54, 1.807) is 57.7 Å². The van der Waals surface area contributed by atoms with Crippen molar-refractivity contribution in [1.82, 2.24) is 0 Å². The Hall–Kier alpha value is -2.99. The molecule has 0 saturated heterocycles. The number of benzene rings is 2. The lowest BCUT2D eigenvalue weighted by Crippen LogP contribution is -2.22. The summed E-state index contributed by atoms with van der Waals surface area (Å²) in [6, 6.07) is 10.6. The lowest BCUT2D eigenvalue weighted by Gasteiger charge is -2.19. The minimum absolute atomic E-state index is 0.157. The topological polar surface area (TPSA) is 63.2 Å². The molecule has 162 valence electrons. The predicted molar refractivity (Wildman–Crippen MR) is 117 cm³/mol. The van der Waals surface area contributed by atoms with Gasteiger partial charge in [-0.2, -0.15) is 0 Å². The summed E-state index contributed by atoms with van der Waals surface area (Å²) in [5, 5.41) is 0. The van der Waals surface area contributed by atoms with Gasteiger partial charge in [0.25, 0.3) is 0 Å².